The van der Waals surface area contributed by atoms with E-state index in [2.05, 4.69) is 42.3 Å². The molecule has 3 rings (SSSR count). The summed E-state index contributed by atoms with van der Waals surface area (Å²) in [5.41, 5.74) is 3.78. The smallest absolute Gasteiger partial charge is 0.114 e. The van der Waals surface area contributed by atoms with Crippen molar-refractivity contribution in [3.63, 3.8) is 0 Å². The Bertz CT molecular complexity index is 550. The lowest BCUT2D eigenvalue weighted by Crippen LogP contribution is -2.30. The first-order valence-corrected chi connectivity index (χ1v) is 6.91. The Hall–Kier alpha value is -1.35. The lowest BCUT2D eigenvalue weighted by molar-refractivity contribution is 0.406. The molecule has 2 aromatic rings. The first-order chi connectivity index (χ1) is 8.73. The van der Waals surface area contributed by atoms with Crippen molar-refractivity contribution in [3.05, 3.63) is 29.6 Å². The molecule has 0 radical (unpaired) electrons. The summed E-state index contributed by atoms with van der Waals surface area (Å²) in [4.78, 5) is 8.38. The minimum atomic E-state index is 0.224. The number of aromatic nitrogens is 2. The molecular formula is C15H21N3. The third-order valence-electron chi connectivity index (χ3n) is 4.11. The molecule has 18 heavy (non-hydrogen) atoms. The van der Waals surface area contributed by atoms with Crippen molar-refractivity contribution in [1.82, 2.24) is 15.3 Å². The number of rotatable bonds is 3. The van der Waals surface area contributed by atoms with Crippen LogP contribution in [0.5, 0.6) is 0 Å². The first-order valence-electron chi connectivity index (χ1n) is 6.91. The van der Waals surface area contributed by atoms with Crippen molar-refractivity contribution in [2.75, 3.05) is 13.1 Å². The number of H-pyrrole nitrogens is 1. The van der Waals surface area contributed by atoms with Gasteiger partial charge in [-0.25, -0.2) is 4.98 Å². The third-order valence-corrected chi connectivity index (χ3v) is 4.11. The van der Waals surface area contributed by atoms with Gasteiger partial charge < -0.3 is 10.3 Å². The predicted octanol–water partition coefficient (Wildman–Crippen LogP) is 2.90. The number of imidazole rings is 1. The molecule has 2 heterocycles. The number of benzene rings is 1. The summed E-state index contributed by atoms with van der Waals surface area (Å²) >= 11 is 0. The van der Waals surface area contributed by atoms with Crippen LogP contribution in [-0.4, -0.2) is 23.1 Å². The van der Waals surface area contributed by atoms with Gasteiger partial charge in [-0.1, -0.05) is 19.4 Å². The molecule has 1 aromatic heterocycles. The van der Waals surface area contributed by atoms with Gasteiger partial charge in [-0.2, -0.15) is 0 Å². The molecule has 1 saturated heterocycles. The van der Waals surface area contributed by atoms with Crippen molar-refractivity contribution in [1.29, 1.82) is 0 Å². The quantitative estimate of drug-likeness (QED) is 0.870. The largest absolute Gasteiger partial charge is 0.341 e. The summed E-state index contributed by atoms with van der Waals surface area (Å²) in [6, 6.07) is 6.44. The molecule has 2 N–H and O–H groups in total. The highest BCUT2D eigenvalue weighted by Gasteiger charge is 2.37. The van der Waals surface area contributed by atoms with Crippen LogP contribution in [0.25, 0.3) is 11.0 Å². The minimum Gasteiger partial charge on any atom is -0.341 e. The molecule has 1 atom stereocenters. The number of nitrogens with one attached hydrogen (secondary N) is 2. The number of hydrogen-bond donors (Lipinski definition) is 2. The maximum atomic E-state index is 4.83. The zero-order valence-corrected chi connectivity index (χ0v) is 11.2. The van der Waals surface area contributed by atoms with Crippen molar-refractivity contribution in [3.8, 4) is 0 Å². The SMILES string of the molecule is CCCC1(c2nc3ccc(C)cc3[nH]2)CCNC1. The molecule has 0 aliphatic carbocycles. The third kappa shape index (κ3) is 1.83. The maximum absolute atomic E-state index is 4.83. The van der Waals surface area contributed by atoms with E-state index in [1.807, 2.05) is 0 Å². The number of hydrogen-bond acceptors (Lipinski definition) is 2. The zero-order valence-electron chi connectivity index (χ0n) is 11.2. The second kappa shape index (κ2) is 4.39. The summed E-state index contributed by atoms with van der Waals surface area (Å²) < 4.78 is 0. The van der Waals surface area contributed by atoms with Gasteiger partial charge in [0.05, 0.1) is 11.0 Å². The molecule has 0 saturated carbocycles. The van der Waals surface area contributed by atoms with Gasteiger partial charge in [0.1, 0.15) is 5.82 Å². The number of aryl methyl sites for hydroxylation is 1. The molecule has 3 heteroatoms. The summed E-state index contributed by atoms with van der Waals surface area (Å²) in [6.45, 7) is 6.54. The van der Waals surface area contributed by atoms with Crippen LogP contribution in [0.4, 0.5) is 0 Å². The van der Waals surface area contributed by atoms with E-state index >= 15 is 0 Å². The Balaban J connectivity index is 2.06. The van der Waals surface area contributed by atoms with E-state index in [0.717, 1.165) is 18.6 Å². The van der Waals surface area contributed by atoms with Crippen LogP contribution >= 0.6 is 0 Å². The van der Waals surface area contributed by atoms with Crippen LogP contribution in [0.15, 0.2) is 18.2 Å². The molecule has 1 aromatic carbocycles. The molecular weight excluding hydrogens is 222 g/mol. The molecule has 1 aliphatic rings. The zero-order chi connectivity index (χ0) is 12.6. The Morgan fingerprint density at radius 1 is 1.39 bits per heavy atom. The summed E-state index contributed by atoms with van der Waals surface area (Å²) in [5.74, 6) is 1.18. The van der Waals surface area contributed by atoms with E-state index in [1.54, 1.807) is 0 Å². The number of aromatic amines is 1. The monoisotopic (exact) mass is 243 g/mol. The van der Waals surface area contributed by atoms with E-state index in [1.165, 1.54) is 36.2 Å². The lowest BCUT2D eigenvalue weighted by atomic mass is 9.82. The second-order valence-corrected chi connectivity index (χ2v) is 5.56. The van der Waals surface area contributed by atoms with Gasteiger partial charge in [-0.3, -0.25) is 0 Å². The molecule has 1 fully saturated rings. The second-order valence-electron chi connectivity index (χ2n) is 5.56. The van der Waals surface area contributed by atoms with Crippen LogP contribution in [-0.2, 0) is 5.41 Å². The van der Waals surface area contributed by atoms with E-state index < -0.39 is 0 Å². The summed E-state index contributed by atoms with van der Waals surface area (Å²) in [7, 11) is 0. The van der Waals surface area contributed by atoms with Crippen LogP contribution in [0, 0.1) is 6.92 Å². The van der Waals surface area contributed by atoms with Gasteiger partial charge in [0, 0.05) is 12.0 Å². The van der Waals surface area contributed by atoms with Gasteiger partial charge >= 0.3 is 0 Å². The van der Waals surface area contributed by atoms with E-state index in [9.17, 15) is 0 Å². The Kier molecular flexibility index (Phi) is 2.86. The van der Waals surface area contributed by atoms with Gasteiger partial charge in [-0.15, -0.1) is 0 Å². The van der Waals surface area contributed by atoms with Crippen LogP contribution < -0.4 is 5.32 Å². The number of fused-ring (bicyclic) bond motifs is 1. The van der Waals surface area contributed by atoms with Crippen LogP contribution in [0.1, 0.15) is 37.6 Å². The van der Waals surface area contributed by atoms with E-state index in [4.69, 9.17) is 4.98 Å². The molecule has 1 aliphatic heterocycles. The van der Waals surface area contributed by atoms with E-state index in [-0.39, 0.29) is 5.41 Å². The molecule has 0 bridgehead atoms. The first kappa shape index (κ1) is 11.7. The summed E-state index contributed by atoms with van der Waals surface area (Å²) in [5, 5.41) is 3.49. The van der Waals surface area contributed by atoms with Gasteiger partial charge in [0.15, 0.2) is 0 Å². The van der Waals surface area contributed by atoms with Crippen molar-refractivity contribution in [2.24, 2.45) is 0 Å². The average molecular weight is 243 g/mol. The Morgan fingerprint density at radius 3 is 3.00 bits per heavy atom. The Morgan fingerprint density at radius 2 is 2.28 bits per heavy atom. The Labute approximate surface area is 108 Å². The fourth-order valence-corrected chi connectivity index (χ4v) is 3.13. The normalized spacial score (nSPS) is 23.9. The molecule has 0 spiro atoms. The van der Waals surface area contributed by atoms with Crippen molar-refractivity contribution in [2.45, 2.75) is 38.5 Å². The highest BCUT2D eigenvalue weighted by atomic mass is 15.0. The fourth-order valence-electron chi connectivity index (χ4n) is 3.13. The van der Waals surface area contributed by atoms with Crippen LogP contribution in [0.3, 0.4) is 0 Å². The molecule has 0 amide bonds. The highest BCUT2D eigenvalue weighted by Crippen LogP contribution is 2.34. The average Bonchev–Trinajstić information content (AvgIpc) is 2.95. The van der Waals surface area contributed by atoms with Crippen molar-refractivity contribution >= 4 is 11.0 Å². The minimum absolute atomic E-state index is 0.224. The summed E-state index contributed by atoms with van der Waals surface area (Å²) in [6.07, 6.45) is 3.61. The fraction of sp³-hybridized carbons (Fsp3) is 0.533. The maximum Gasteiger partial charge on any atom is 0.114 e. The van der Waals surface area contributed by atoms with Gasteiger partial charge in [0.2, 0.25) is 0 Å². The van der Waals surface area contributed by atoms with Gasteiger partial charge in [0.25, 0.3) is 0 Å². The number of nitrogens with zero attached hydrogens (tertiary/aromatic N) is 1. The predicted molar refractivity (Wildman–Crippen MR) is 74.9 cm³/mol. The molecule has 96 valence electrons. The standard InChI is InChI=1S/C15H21N3/c1-3-6-15(7-8-16-10-15)14-17-12-5-4-11(2)9-13(12)18-14/h4-5,9,16H,3,6-8,10H2,1-2H3,(H,17,18). The van der Waals surface area contributed by atoms with Crippen LogP contribution in [0.2, 0.25) is 0 Å². The molecule has 3 nitrogen and oxygen atoms in total. The van der Waals surface area contributed by atoms with E-state index in [0.29, 0.717) is 0 Å². The topological polar surface area (TPSA) is 40.7 Å². The van der Waals surface area contributed by atoms with Gasteiger partial charge in [-0.05, 0) is 44.0 Å². The lowest BCUT2D eigenvalue weighted by Gasteiger charge is -2.25. The highest BCUT2D eigenvalue weighted by molar-refractivity contribution is 5.76. The molecule has 1 unspecified atom stereocenters. The van der Waals surface area contributed by atoms with Crippen molar-refractivity contribution < 1.29 is 0 Å².